The van der Waals surface area contributed by atoms with E-state index in [2.05, 4.69) is 27.3 Å². The van der Waals surface area contributed by atoms with E-state index in [1.807, 2.05) is 29.7 Å². The summed E-state index contributed by atoms with van der Waals surface area (Å²) in [5, 5.41) is 3.42. The third-order valence-electron chi connectivity index (χ3n) is 3.13. The Morgan fingerprint density at radius 3 is 3.00 bits per heavy atom. The Morgan fingerprint density at radius 1 is 1.58 bits per heavy atom. The fourth-order valence-corrected chi connectivity index (χ4v) is 4.54. The van der Waals surface area contributed by atoms with Crippen molar-refractivity contribution in [3.05, 3.63) is 20.8 Å². The van der Waals surface area contributed by atoms with Crippen molar-refractivity contribution in [1.29, 1.82) is 0 Å². The lowest BCUT2D eigenvalue weighted by Crippen LogP contribution is -2.42. The number of rotatable bonds is 5. The smallest absolute Gasteiger partial charge is 0.224 e. The van der Waals surface area contributed by atoms with Gasteiger partial charge in [-0.25, -0.2) is 0 Å². The standard InChI is InChI=1S/C13H19BrN2OS2/c1-2-16(8-11-3-4-12(14)19-11)13(17)7-10-9-18-6-5-15-10/h3-4,10,15H,2,5-9H2,1H3. The molecule has 0 saturated carbocycles. The average Bonchev–Trinajstić information content (AvgIpc) is 2.82. The first-order valence-electron chi connectivity index (χ1n) is 6.52. The number of thiophene rings is 1. The maximum Gasteiger partial charge on any atom is 0.224 e. The van der Waals surface area contributed by atoms with Crippen LogP contribution in [0.4, 0.5) is 0 Å². The molecule has 6 heteroatoms. The predicted molar refractivity (Wildman–Crippen MR) is 86.8 cm³/mol. The van der Waals surface area contributed by atoms with E-state index < -0.39 is 0 Å². The second kappa shape index (κ2) is 7.67. The number of amides is 1. The zero-order valence-corrected chi connectivity index (χ0v) is 14.2. The molecule has 0 aliphatic carbocycles. The van der Waals surface area contributed by atoms with Crippen LogP contribution in [-0.4, -0.2) is 41.4 Å². The summed E-state index contributed by atoms with van der Waals surface area (Å²) in [5.74, 6) is 2.46. The maximum absolute atomic E-state index is 12.3. The number of nitrogens with zero attached hydrogens (tertiary/aromatic N) is 1. The highest BCUT2D eigenvalue weighted by Gasteiger charge is 2.20. The van der Waals surface area contributed by atoms with Gasteiger partial charge in [0.1, 0.15) is 0 Å². The molecule has 1 atom stereocenters. The van der Waals surface area contributed by atoms with E-state index in [0.717, 1.165) is 34.9 Å². The zero-order valence-electron chi connectivity index (χ0n) is 11.0. The second-order valence-electron chi connectivity index (χ2n) is 4.54. The lowest BCUT2D eigenvalue weighted by Gasteiger charge is -2.26. The van der Waals surface area contributed by atoms with Crippen molar-refractivity contribution < 1.29 is 4.79 Å². The van der Waals surface area contributed by atoms with E-state index in [1.54, 1.807) is 11.3 Å². The van der Waals surface area contributed by atoms with Gasteiger partial charge >= 0.3 is 0 Å². The van der Waals surface area contributed by atoms with Crippen LogP contribution in [0.2, 0.25) is 0 Å². The highest BCUT2D eigenvalue weighted by atomic mass is 79.9. The van der Waals surface area contributed by atoms with E-state index in [9.17, 15) is 4.79 Å². The van der Waals surface area contributed by atoms with Gasteiger partial charge in [0, 0.05) is 41.9 Å². The molecule has 1 aliphatic rings. The molecule has 1 N–H and O–H groups in total. The molecule has 0 spiro atoms. The van der Waals surface area contributed by atoms with Crippen LogP contribution in [0.1, 0.15) is 18.2 Å². The molecular formula is C13H19BrN2OS2. The molecule has 1 unspecified atom stereocenters. The van der Waals surface area contributed by atoms with Gasteiger partial charge in [0.15, 0.2) is 0 Å². The van der Waals surface area contributed by atoms with Gasteiger partial charge in [0.25, 0.3) is 0 Å². The molecular weight excluding hydrogens is 344 g/mol. The molecule has 0 bridgehead atoms. The molecule has 0 aromatic carbocycles. The summed E-state index contributed by atoms with van der Waals surface area (Å²) in [7, 11) is 0. The van der Waals surface area contributed by atoms with Gasteiger partial charge in [0.2, 0.25) is 5.91 Å². The van der Waals surface area contributed by atoms with Crippen LogP contribution in [0, 0.1) is 0 Å². The van der Waals surface area contributed by atoms with Crippen molar-refractivity contribution in [3.8, 4) is 0 Å². The minimum absolute atomic E-state index is 0.257. The molecule has 1 aromatic heterocycles. The molecule has 1 fully saturated rings. The van der Waals surface area contributed by atoms with Crippen LogP contribution in [0.5, 0.6) is 0 Å². The van der Waals surface area contributed by atoms with Crippen molar-refractivity contribution in [1.82, 2.24) is 10.2 Å². The first kappa shape index (κ1) is 15.4. The number of carbonyl (C=O) groups is 1. The first-order valence-corrected chi connectivity index (χ1v) is 9.28. The predicted octanol–water partition coefficient (Wildman–Crippen LogP) is 2.95. The van der Waals surface area contributed by atoms with Gasteiger partial charge in [-0.05, 0) is 35.0 Å². The van der Waals surface area contributed by atoms with E-state index >= 15 is 0 Å². The Labute approximate surface area is 131 Å². The van der Waals surface area contributed by atoms with Gasteiger partial charge in [-0.2, -0.15) is 11.8 Å². The number of thioether (sulfide) groups is 1. The topological polar surface area (TPSA) is 32.3 Å². The molecule has 1 aliphatic heterocycles. The zero-order chi connectivity index (χ0) is 13.7. The van der Waals surface area contributed by atoms with Crippen molar-refractivity contribution in [2.24, 2.45) is 0 Å². The SMILES string of the molecule is CCN(Cc1ccc(Br)s1)C(=O)CC1CSCCN1. The minimum Gasteiger partial charge on any atom is -0.338 e. The molecule has 3 nitrogen and oxygen atoms in total. The molecule has 1 amide bonds. The number of carbonyl (C=O) groups excluding carboxylic acids is 1. The largest absolute Gasteiger partial charge is 0.338 e. The summed E-state index contributed by atoms with van der Waals surface area (Å²) in [6.07, 6.45) is 0.618. The molecule has 106 valence electrons. The van der Waals surface area contributed by atoms with Crippen LogP contribution in [0.25, 0.3) is 0 Å². The van der Waals surface area contributed by atoms with Crippen LogP contribution >= 0.6 is 39.0 Å². The van der Waals surface area contributed by atoms with Gasteiger partial charge < -0.3 is 10.2 Å². The van der Waals surface area contributed by atoms with E-state index in [4.69, 9.17) is 0 Å². The fourth-order valence-electron chi connectivity index (χ4n) is 2.09. The highest BCUT2D eigenvalue weighted by molar-refractivity contribution is 9.11. The second-order valence-corrected chi connectivity index (χ2v) is 8.24. The van der Waals surface area contributed by atoms with Crippen LogP contribution < -0.4 is 5.32 Å². The third-order valence-corrected chi connectivity index (χ3v) is 5.87. The first-order chi connectivity index (χ1) is 9.19. The monoisotopic (exact) mass is 362 g/mol. The van der Waals surface area contributed by atoms with E-state index in [1.165, 1.54) is 4.88 Å². The Bertz CT molecular complexity index is 419. The lowest BCUT2D eigenvalue weighted by molar-refractivity contribution is -0.132. The lowest BCUT2D eigenvalue weighted by atomic mass is 10.2. The van der Waals surface area contributed by atoms with Gasteiger partial charge in [-0.15, -0.1) is 11.3 Å². The van der Waals surface area contributed by atoms with Gasteiger partial charge in [-0.1, -0.05) is 0 Å². The summed E-state index contributed by atoms with van der Waals surface area (Å²) in [6, 6.07) is 4.47. The Balaban J connectivity index is 1.87. The van der Waals surface area contributed by atoms with Gasteiger partial charge in [-0.3, -0.25) is 4.79 Å². The van der Waals surface area contributed by atoms with E-state index in [-0.39, 0.29) is 5.91 Å². The summed E-state index contributed by atoms with van der Waals surface area (Å²) in [4.78, 5) is 15.5. The average molecular weight is 363 g/mol. The Morgan fingerprint density at radius 2 is 2.42 bits per heavy atom. The summed E-state index contributed by atoms with van der Waals surface area (Å²) < 4.78 is 1.12. The Kier molecular flexibility index (Phi) is 6.19. The molecule has 19 heavy (non-hydrogen) atoms. The van der Waals surface area contributed by atoms with Crippen LogP contribution in [-0.2, 0) is 11.3 Å². The summed E-state index contributed by atoms with van der Waals surface area (Å²) >= 11 is 7.10. The summed E-state index contributed by atoms with van der Waals surface area (Å²) in [5.41, 5.74) is 0. The van der Waals surface area contributed by atoms with Crippen LogP contribution in [0.3, 0.4) is 0 Å². The minimum atomic E-state index is 0.257. The van der Waals surface area contributed by atoms with Crippen molar-refractivity contribution in [2.45, 2.75) is 25.9 Å². The van der Waals surface area contributed by atoms with Gasteiger partial charge in [0.05, 0.1) is 10.3 Å². The normalized spacial score (nSPS) is 19.4. The van der Waals surface area contributed by atoms with Crippen molar-refractivity contribution in [2.75, 3.05) is 24.6 Å². The number of nitrogens with one attached hydrogen (secondary N) is 1. The highest BCUT2D eigenvalue weighted by Crippen LogP contribution is 2.23. The molecule has 2 rings (SSSR count). The molecule has 0 radical (unpaired) electrons. The number of halogens is 1. The summed E-state index contributed by atoms with van der Waals surface area (Å²) in [6.45, 7) is 4.57. The van der Waals surface area contributed by atoms with Crippen LogP contribution in [0.15, 0.2) is 15.9 Å². The quantitative estimate of drug-likeness (QED) is 0.873. The fraction of sp³-hybridized carbons (Fsp3) is 0.615. The maximum atomic E-state index is 12.3. The Hall–Kier alpha value is -0.0400. The van der Waals surface area contributed by atoms with E-state index in [0.29, 0.717) is 12.5 Å². The third kappa shape index (κ3) is 4.77. The molecule has 1 saturated heterocycles. The molecule has 2 heterocycles. The molecule has 1 aromatic rings. The van der Waals surface area contributed by atoms with Crippen molar-refractivity contribution >= 4 is 44.9 Å². The number of hydrogen-bond donors (Lipinski definition) is 1. The number of hydrogen-bond acceptors (Lipinski definition) is 4. The van der Waals surface area contributed by atoms with Crippen molar-refractivity contribution in [3.63, 3.8) is 0 Å².